The van der Waals surface area contributed by atoms with Gasteiger partial charge in [-0.1, -0.05) is 18.7 Å². The maximum Gasteiger partial charge on any atom is 0.274 e. The van der Waals surface area contributed by atoms with Gasteiger partial charge in [0.2, 0.25) is 5.91 Å². The predicted molar refractivity (Wildman–Crippen MR) is 119 cm³/mol. The van der Waals surface area contributed by atoms with Crippen LogP contribution in [0.3, 0.4) is 0 Å². The quantitative estimate of drug-likeness (QED) is 0.448. The lowest BCUT2D eigenvalue weighted by Gasteiger charge is -2.26. The molecule has 3 rings (SSSR count). The summed E-state index contributed by atoms with van der Waals surface area (Å²) in [6.07, 6.45) is 9.14. The molecule has 1 aliphatic heterocycles. The lowest BCUT2D eigenvalue weighted by atomic mass is 10.2. The largest absolute Gasteiger partial charge is 0.459 e. The third kappa shape index (κ3) is 4.91. The number of aromatic nitrogens is 1. The van der Waals surface area contributed by atoms with E-state index >= 15 is 0 Å². The van der Waals surface area contributed by atoms with Crippen molar-refractivity contribution in [1.82, 2.24) is 20.5 Å². The first kappa shape index (κ1) is 22.0. The highest BCUT2D eigenvalue weighted by Gasteiger charge is 2.37. The zero-order chi connectivity index (χ0) is 22.4. The minimum atomic E-state index is -0.633. The van der Waals surface area contributed by atoms with Gasteiger partial charge in [-0.25, -0.2) is 0 Å². The molecule has 1 fully saturated rings. The Labute approximate surface area is 181 Å². The van der Waals surface area contributed by atoms with Crippen molar-refractivity contribution in [2.75, 3.05) is 6.54 Å². The van der Waals surface area contributed by atoms with Crippen LogP contribution in [0.4, 0.5) is 0 Å². The maximum atomic E-state index is 13.1. The van der Waals surface area contributed by atoms with E-state index in [-0.39, 0.29) is 18.4 Å². The van der Waals surface area contributed by atoms with Crippen LogP contribution in [-0.2, 0) is 16.1 Å². The summed E-state index contributed by atoms with van der Waals surface area (Å²) in [4.78, 5) is 31.5. The van der Waals surface area contributed by atoms with Crippen molar-refractivity contribution in [3.05, 3.63) is 66.0 Å². The first-order valence-electron chi connectivity index (χ1n) is 10.2. The molecule has 162 valence electrons. The molecule has 3 heterocycles. The number of carbonyl (C=O) groups is 2. The molecule has 1 atom stereocenters. The Bertz CT molecular complexity index is 1030. The van der Waals surface area contributed by atoms with E-state index in [4.69, 9.17) is 9.83 Å². The van der Waals surface area contributed by atoms with E-state index in [9.17, 15) is 9.59 Å². The zero-order valence-corrected chi connectivity index (χ0v) is 17.8. The predicted octanol–water partition coefficient (Wildman–Crippen LogP) is 3.04. The molecule has 3 N–H and O–H groups in total. The fourth-order valence-electron chi connectivity index (χ4n) is 3.49. The van der Waals surface area contributed by atoms with Gasteiger partial charge < -0.3 is 20.5 Å². The molecule has 2 aromatic heterocycles. The minimum absolute atomic E-state index is 0.219. The number of nitrogens with zero attached hydrogens (tertiary/aromatic N) is 2. The van der Waals surface area contributed by atoms with Crippen molar-refractivity contribution in [2.24, 2.45) is 0 Å². The zero-order valence-electron chi connectivity index (χ0n) is 17.8. The molecule has 0 spiro atoms. The number of pyridine rings is 1. The van der Waals surface area contributed by atoms with Crippen molar-refractivity contribution in [2.45, 2.75) is 39.3 Å². The molecule has 8 heteroatoms. The van der Waals surface area contributed by atoms with Crippen LogP contribution >= 0.6 is 0 Å². The number of carbonyl (C=O) groups excluding carboxylic acids is 2. The van der Waals surface area contributed by atoms with Gasteiger partial charge >= 0.3 is 0 Å². The first-order chi connectivity index (χ1) is 15.0. The van der Waals surface area contributed by atoms with Crippen LogP contribution in [0, 0.1) is 5.41 Å². The van der Waals surface area contributed by atoms with Crippen molar-refractivity contribution in [1.29, 1.82) is 5.41 Å². The van der Waals surface area contributed by atoms with Gasteiger partial charge in [0.1, 0.15) is 17.4 Å². The second-order valence-corrected chi connectivity index (χ2v) is 7.20. The highest BCUT2D eigenvalue weighted by atomic mass is 16.3. The number of furan rings is 1. The standard InChI is InChI=1S/C23H27N5O3/c1-4-16(11-24)12-26-19(5-2)23(30)28-15(3)6-7-20(28)22(29)27-14-18-10-17-13-25-9-8-21(17)31-18/h4-5,8-11,13,20,24,26H,3,6-7,12,14H2,1-2H3,(H,27,29)/b16-4+,19-5+,24-11?. The summed E-state index contributed by atoms with van der Waals surface area (Å²) in [5.74, 6) is 0.0578. The molecular formula is C23H27N5O3. The Balaban J connectivity index is 1.66. The van der Waals surface area contributed by atoms with Crippen LogP contribution in [0.2, 0.25) is 0 Å². The molecule has 31 heavy (non-hydrogen) atoms. The highest BCUT2D eigenvalue weighted by molar-refractivity contribution is 5.98. The lowest BCUT2D eigenvalue weighted by Crippen LogP contribution is -2.46. The lowest BCUT2D eigenvalue weighted by molar-refractivity contribution is -0.134. The Morgan fingerprint density at radius 2 is 2.16 bits per heavy atom. The molecule has 2 aromatic rings. The van der Waals surface area contributed by atoms with Crippen LogP contribution in [0.1, 0.15) is 32.4 Å². The number of allylic oxidation sites excluding steroid dienone is 3. The maximum absolute atomic E-state index is 13.1. The van der Waals surface area contributed by atoms with E-state index in [2.05, 4.69) is 22.2 Å². The number of hydrogen-bond donors (Lipinski definition) is 3. The van der Waals surface area contributed by atoms with Crippen LogP contribution in [0.15, 0.2) is 64.6 Å². The third-order valence-electron chi connectivity index (χ3n) is 5.24. The summed E-state index contributed by atoms with van der Waals surface area (Å²) in [5.41, 5.74) is 2.44. The number of nitrogens with one attached hydrogen (secondary N) is 3. The van der Waals surface area contributed by atoms with E-state index in [0.717, 1.165) is 11.0 Å². The topological polar surface area (TPSA) is 111 Å². The van der Waals surface area contributed by atoms with Crippen molar-refractivity contribution in [3.8, 4) is 0 Å². The van der Waals surface area contributed by atoms with Gasteiger partial charge in [0.15, 0.2) is 0 Å². The van der Waals surface area contributed by atoms with E-state index in [1.54, 1.807) is 37.5 Å². The summed E-state index contributed by atoms with van der Waals surface area (Å²) in [7, 11) is 0. The second kappa shape index (κ2) is 9.88. The van der Waals surface area contributed by atoms with Gasteiger partial charge in [-0.15, -0.1) is 0 Å². The number of fused-ring (bicyclic) bond motifs is 1. The second-order valence-electron chi connectivity index (χ2n) is 7.20. The smallest absolute Gasteiger partial charge is 0.274 e. The van der Waals surface area contributed by atoms with Crippen LogP contribution in [0.5, 0.6) is 0 Å². The SMILES string of the molecule is C=C1CCC(C(=O)NCc2cc3cnccc3o2)N1C(=O)/C(=C\C)NC/C(C=N)=C/C. The minimum Gasteiger partial charge on any atom is -0.459 e. The van der Waals surface area contributed by atoms with Gasteiger partial charge in [0.25, 0.3) is 5.91 Å². The summed E-state index contributed by atoms with van der Waals surface area (Å²) in [6, 6.07) is 2.97. The van der Waals surface area contributed by atoms with E-state index < -0.39 is 6.04 Å². The van der Waals surface area contributed by atoms with E-state index in [0.29, 0.717) is 42.1 Å². The average molecular weight is 422 g/mol. The molecule has 8 nitrogen and oxygen atoms in total. The molecular weight excluding hydrogens is 394 g/mol. The number of amides is 2. The van der Waals surface area contributed by atoms with Gasteiger partial charge in [-0.05, 0) is 44.4 Å². The van der Waals surface area contributed by atoms with Gasteiger partial charge in [-0.2, -0.15) is 0 Å². The van der Waals surface area contributed by atoms with Crippen molar-refractivity contribution in [3.63, 3.8) is 0 Å². The van der Waals surface area contributed by atoms with Crippen molar-refractivity contribution >= 4 is 29.0 Å². The van der Waals surface area contributed by atoms with Crippen molar-refractivity contribution < 1.29 is 14.0 Å². The molecule has 2 amide bonds. The van der Waals surface area contributed by atoms with Gasteiger partial charge in [0, 0.05) is 36.2 Å². The van der Waals surface area contributed by atoms with Crippen LogP contribution < -0.4 is 10.6 Å². The average Bonchev–Trinajstić information content (AvgIpc) is 3.38. The summed E-state index contributed by atoms with van der Waals surface area (Å²) < 4.78 is 5.71. The number of rotatable bonds is 8. The summed E-state index contributed by atoms with van der Waals surface area (Å²) in [5, 5.41) is 14.2. The first-order valence-corrected chi connectivity index (χ1v) is 10.2. The Morgan fingerprint density at radius 3 is 2.84 bits per heavy atom. The van der Waals surface area contributed by atoms with Crippen LogP contribution in [0.25, 0.3) is 11.0 Å². The molecule has 0 aromatic carbocycles. The van der Waals surface area contributed by atoms with Crippen LogP contribution in [-0.4, -0.2) is 40.5 Å². The molecule has 0 aliphatic carbocycles. The Morgan fingerprint density at radius 1 is 1.35 bits per heavy atom. The summed E-state index contributed by atoms with van der Waals surface area (Å²) in [6.45, 7) is 8.14. The third-order valence-corrected chi connectivity index (χ3v) is 5.24. The Hall–Kier alpha value is -3.68. The number of likely N-dealkylation sites (tertiary alicyclic amines) is 1. The molecule has 1 aliphatic rings. The fourth-order valence-corrected chi connectivity index (χ4v) is 3.49. The molecule has 1 unspecified atom stereocenters. The number of hydrogen-bond acceptors (Lipinski definition) is 6. The molecule has 0 bridgehead atoms. The highest BCUT2D eigenvalue weighted by Crippen LogP contribution is 2.28. The summed E-state index contributed by atoms with van der Waals surface area (Å²) >= 11 is 0. The van der Waals surface area contributed by atoms with Gasteiger partial charge in [-0.3, -0.25) is 19.5 Å². The molecule has 0 saturated carbocycles. The van der Waals surface area contributed by atoms with Gasteiger partial charge in [0.05, 0.1) is 12.2 Å². The Kier molecular flexibility index (Phi) is 7.02. The molecule has 0 radical (unpaired) electrons. The van der Waals surface area contributed by atoms with E-state index in [1.165, 1.54) is 11.1 Å². The normalized spacial score (nSPS) is 17.2. The van der Waals surface area contributed by atoms with E-state index in [1.807, 2.05) is 13.0 Å². The monoisotopic (exact) mass is 421 g/mol. The molecule has 1 saturated heterocycles. The fraction of sp³-hybridized carbons (Fsp3) is 0.304.